The molecule has 12 heavy (non-hydrogen) atoms. The molecule has 1 fully saturated rings. The lowest BCUT2D eigenvalue weighted by atomic mass is 9.75. The standard InChI is InChI=1S/C11H19F/c1-5-9-6-10(9)11(4,7-12)8(2)3/h5,8-10H,1,6-7H2,2-4H3. The van der Waals surface area contributed by atoms with Gasteiger partial charge in [0.1, 0.15) is 0 Å². The van der Waals surface area contributed by atoms with Crippen molar-refractivity contribution in [1.29, 1.82) is 0 Å². The van der Waals surface area contributed by atoms with Gasteiger partial charge >= 0.3 is 0 Å². The summed E-state index contributed by atoms with van der Waals surface area (Å²) in [6.45, 7) is 9.84. The fraction of sp³-hybridized carbons (Fsp3) is 0.818. The number of hydrogen-bond donors (Lipinski definition) is 0. The van der Waals surface area contributed by atoms with Crippen LogP contribution < -0.4 is 0 Å². The van der Waals surface area contributed by atoms with Gasteiger partial charge in [-0.3, -0.25) is 4.39 Å². The van der Waals surface area contributed by atoms with Crippen LogP contribution in [0.2, 0.25) is 0 Å². The predicted octanol–water partition coefficient (Wildman–Crippen LogP) is 3.44. The summed E-state index contributed by atoms with van der Waals surface area (Å²) in [6.07, 6.45) is 3.11. The Hall–Kier alpha value is -0.330. The molecule has 0 N–H and O–H groups in total. The maximum Gasteiger partial charge on any atom is 0.0953 e. The van der Waals surface area contributed by atoms with Crippen LogP contribution in [-0.2, 0) is 0 Å². The maximum absolute atomic E-state index is 12.9. The molecule has 0 spiro atoms. The molecular weight excluding hydrogens is 151 g/mol. The van der Waals surface area contributed by atoms with E-state index < -0.39 is 0 Å². The zero-order valence-electron chi connectivity index (χ0n) is 8.31. The summed E-state index contributed by atoms with van der Waals surface area (Å²) in [5, 5.41) is 0. The minimum Gasteiger partial charge on any atom is -0.250 e. The Morgan fingerprint density at radius 3 is 2.50 bits per heavy atom. The van der Waals surface area contributed by atoms with E-state index in [4.69, 9.17) is 0 Å². The highest BCUT2D eigenvalue weighted by atomic mass is 19.1. The normalized spacial score (nSPS) is 33.1. The Labute approximate surface area is 74.9 Å². The smallest absolute Gasteiger partial charge is 0.0953 e. The molecule has 0 saturated heterocycles. The molecule has 0 aromatic heterocycles. The summed E-state index contributed by atoms with van der Waals surface area (Å²) in [5.41, 5.74) is -0.112. The minimum atomic E-state index is -0.195. The fourth-order valence-corrected chi connectivity index (χ4v) is 1.91. The molecule has 1 aliphatic rings. The summed E-state index contributed by atoms with van der Waals surface area (Å²) in [5.74, 6) is 1.55. The second kappa shape index (κ2) is 3.20. The van der Waals surface area contributed by atoms with Crippen molar-refractivity contribution >= 4 is 0 Å². The van der Waals surface area contributed by atoms with Crippen molar-refractivity contribution in [3.8, 4) is 0 Å². The molecule has 1 heteroatoms. The van der Waals surface area contributed by atoms with Crippen molar-refractivity contribution in [2.24, 2.45) is 23.2 Å². The Bertz CT molecular complexity index is 174. The minimum absolute atomic E-state index is 0.112. The van der Waals surface area contributed by atoms with Crippen LogP contribution in [0.4, 0.5) is 4.39 Å². The first kappa shape index (κ1) is 9.76. The van der Waals surface area contributed by atoms with Crippen molar-refractivity contribution in [3.63, 3.8) is 0 Å². The van der Waals surface area contributed by atoms with E-state index in [1.807, 2.05) is 6.08 Å². The predicted molar refractivity (Wildman–Crippen MR) is 50.7 cm³/mol. The topological polar surface area (TPSA) is 0 Å². The van der Waals surface area contributed by atoms with Crippen LogP contribution in [0, 0.1) is 23.2 Å². The summed E-state index contributed by atoms with van der Waals surface area (Å²) >= 11 is 0. The number of hydrogen-bond acceptors (Lipinski definition) is 0. The van der Waals surface area contributed by atoms with Gasteiger partial charge < -0.3 is 0 Å². The van der Waals surface area contributed by atoms with Crippen molar-refractivity contribution < 1.29 is 4.39 Å². The number of rotatable bonds is 4. The van der Waals surface area contributed by atoms with Gasteiger partial charge in [0.25, 0.3) is 0 Å². The SMILES string of the molecule is C=CC1CC1C(C)(CF)C(C)C. The Morgan fingerprint density at radius 2 is 2.25 bits per heavy atom. The lowest BCUT2D eigenvalue weighted by Crippen LogP contribution is -2.29. The van der Waals surface area contributed by atoms with E-state index in [0.717, 1.165) is 6.42 Å². The zero-order chi connectivity index (χ0) is 9.35. The molecular formula is C11H19F. The maximum atomic E-state index is 12.9. The molecule has 0 heterocycles. The van der Waals surface area contributed by atoms with Crippen LogP contribution in [-0.4, -0.2) is 6.67 Å². The van der Waals surface area contributed by atoms with E-state index in [0.29, 0.717) is 17.8 Å². The van der Waals surface area contributed by atoms with Crippen LogP contribution >= 0.6 is 0 Å². The molecule has 0 aromatic carbocycles. The van der Waals surface area contributed by atoms with Crippen LogP contribution in [0.25, 0.3) is 0 Å². The van der Waals surface area contributed by atoms with Crippen LogP contribution in [0.15, 0.2) is 12.7 Å². The summed E-state index contributed by atoms with van der Waals surface area (Å²) in [4.78, 5) is 0. The average molecular weight is 170 g/mol. The van der Waals surface area contributed by atoms with Crippen molar-refractivity contribution in [1.82, 2.24) is 0 Å². The first-order valence-electron chi connectivity index (χ1n) is 4.74. The molecule has 0 amide bonds. The van der Waals surface area contributed by atoms with Crippen LogP contribution in [0.5, 0.6) is 0 Å². The van der Waals surface area contributed by atoms with Crippen molar-refractivity contribution in [3.05, 3.63) is 12.7 Å². The Morgan fingerprint density at radius 1 is 1.67 bits per heavy atom. The van der Waals surface area contributed by atoms with Gasteiger partial charge in [0.05, 0.1) is 6.67 Å². The van der Waals surface area contributed by atoms with E-state index in [1.54, 1.807) is 0 Å². The molecule has 70 valence electrons. The van der Waals surface area contributed by atoms with Gasteiger partial charge in [0, 0.05) is 5.41 Å². The number of allylic oxidation sites excluding steroid dienone is 1. The van der Waals surface area contributed by atoms with E-state index in [-0.39, 0.29) is 12.1 Å². The third kappa shape index (κ3) is 1.41. The zero-order valence-corrected chi connectivity index (χ0v) is 8.31. The van der Waals surface area contributed by atoms with E-state index >= 15 is 0 Å². The molecule has 0 nitrogen and oxygen atoms in total. The summed E-state index contributed by atoms with van der Waals surface area (Å²) < 4.78 is 12.9. The molecule has 3 atom stereocenters. The van der Waals surface area contributed by atoms with Gasteiger partial charge in [-0.15, -0.1) is 6.58 Å². The lowest BCUT2D eigenvalue weighted by Gasteiger charge is -2.31. The molecule has 0 aliphatic heterocycles. The molecule has 0 radical (unpaired) electrons. The molecule has 1 rings (SSSR count). The summed E-state index contributed by atoms with van der Waals surface area (Å²) in [7, 11) is 0. The second-order valence-corrected chi connectivity index (χ2v) is 4.54. The van der Waals surface area contributed by atoms with Crippen LogP contribution in [0.1, 0.15) is 27.2 Å². The first-order chi connectivity index (χ1) is 5.56. The van der Waals surface area contributed by atoms with E-state index in [9.17, 15) is 4.39 Å². The lowest BCUT2D eigenvalue weighted by molar-refractivity contribution is 0.122. The number of halogens is 1. The molecule has 1 saturated carbocycles. The largest absolute Gasteiger partial charge is 0.250 e. The van der Waals surface area contributed by atoms with Gasteiger partial charge in [-0.1, -0.05) is 26.8 Å². The van der Waals surface area contributed by atoms with Crippen molar-refractivity contribution in [2.45, 2.75) is 27.2 Å². The van der Waals surface area contributed by atoms with Crippen LogP contribution in [0.3, 0.4) is 0 Å². The molecule has 0 aromatic rings. The van der Waals surface area contributed by atoms with Crippen molar-refractivity contribution in [2.75, 3.05) is 6.67 Å². The van der Waals surface area contributed by atoms with Gasteiger partial charge in [-0.2, -0.15) is 0 Å². The Balaban J connectivity index is 2.63. The Kier molecular flexibility index (Phi) is 2.60. The highest BCUT2D eigenvalue weighted by Gasteiger charge is 2.49. The third-order valence-corrected chi connectivity index (χ3v) is 3.60. The van der Waals surface area contributed by atoms with E-state index in [1.165, 1.54) is 0 Å². The highest BCUT2D eigenvalue weighted by molar-refractivity contribution is 5.06. The van der Waals surface area contributed by atoms with Gasteiger partial charge in [-0.05, 0) is 24.2 Å². The monoisotopic (exact) mass is 170 g/mol. The van der Waals surface area contributed by atoms with Gasteiger partial charge in [0.2, 0.25) is 0 Å². The fourth-order valence-electron chi connectivity index (χ4n) is 1.91. The summed E-state index contributed by atoms with van der Waals surface area (Å²) in [6, 6.07) is 0. The average Bonchev–Trinajstić information content (AvgIpc) is 2.81. The van der Waals surface area contributed by atoms with Gasteiger partial charge in [-0.25, -0.2) is 0 Å². The highest BCUT2D eigenvalue weighted by Crippen LogP contribution is 2.54. The molecule has 3 unspecified atom stereocenters. The quantitative estimate of drug-likeness (QED) is 0.567. The number of alkyl halides is 1. The first-order valence-corrected chi connectivity index (χ1v) is 4.74. The van der Waals surface area contributed by atoms with Gasteiger partial charge in [0.15, 0.2) is 0 Å². The second-order valence-electron chi connectivity index (χ2n) is 4.54. The third-order valence-electron chi connectivity index (χ3n) is 3.60. The molecule has 1 aliphatic carbocycles. The van der Waals surface area contributed by atoms with E-state index in [2.05, 4.69) is 27.4 Å². The molecule has 0 bridgehead atoms.